The summed E-state index contributed by atoms with van der Waals surface area (Å²) in [5.74, 6) is -0.415. The molecule has 5 nitrogen and oxygen atoms in total. The van der Waals surface area contributed by atoms with Crippen LogP contribution in [0.5, 0.6) is 0 Å². The Morgan fingerprint density at radius 2 is 2.08 bits per heavy atom. The smallest absolute Gasteiger partial charge is 0.166 e. The summed E-state index contributed by atoms with van der Waals surface area (Å²) in [5, 5.41) is 8.72. The third-order valence-electron chi connectivity index (χ3n) is 4.60. The molecular formula is C17H16ClFN4O. The highest BCUT2D eigenvalue weighted by Crippen LogP contribution is 2.43. The van der Waals surface area contributed by atoms with Crippen molar-refractivity contribution in [2.45, 2.75) is 37.7 Å². The van der Waals surface area contributed by atoms with E-state index >= 15 is 0 Å². The maximum absolute atomic E-state index is 14.4. The van der Waals surface area contributed by atoms with Gasteiger partial charge in [-0.3, -0.25) is 0 Å². The number of rotatable bonds is 2. The molecule has 0 amide bonds. The Morgan fingerprint density at radius 3 is 2.79 bits per heavy atom. The van der Waals surface area contributed by atoms with Crippen LogP contribution in [0.15, 0.2) is 41.6 Å². The average molecular weight is 347 g/mol. The number of benzene rings is 1. The van der Waals surface area contributed by atoms with Crippen LogP contribution < -0.4 is 0 Å². The normalized spacial score (nSPS) is 21.1. The van der Waals surface area contributed by atoms with Crippen molar-refractivity contribution in [1.29, 1.82) is 0 Å². The van der Waals surface area contributed by atoms with E-state index in [-0.39, 0.29) is 0 Å². The van der Waals surface area contributed by atoms with Gasteiger partial charge in [-0.05, 0) is 43.9 Å². The molecule has 24 heavy (non-hydrogen) atoms. The zero-order valence-electron chi connectivity index (χ0n) is 13.0. The van der Waals surface area contributed by atoms with Crippen molar-refractivity contribution >= 4 is 23.5 Å². The van der Waals surface area contributed by atoms with Gasteiger partial charge in [-0.15, -0.1) is 0 Å². The van der Waals surface area contributed by atoms with Gasteiger partial charge in [-0.25, -0.2) is 14.1 Å². The number of nitrogens with zero attached hydrogens (tertiary/aromatic N) is 4. The summed E-state index contributed by atoms with van der Waals surface area (Å²) in [6.07, 6.45) is 9.88. The highest BCUT2D eigenvalue weighted by molar-refractivity contribution is 6.30. The molecule has 1 aliphatic heterocycles. The quantitative estimate of drug-likeness (QED) is 0.824. The molecule has 0 N–H and O–H groups in total. The van der Waals surface area contributed by atoms with Gasteiger partial charge in [0.05, 0.1) is 0 Å². The Balaban J connectivity index is 1.81. The van der Waals surface area contributed by atoms with Crippen LogP contribution in [0.4, 0.5) is 4.39 Å². The molecule has 2 aromatic rings. The number of aromatic nitrogens is 3. The van der Waals surface area contributed by atoms with Crippen molar-refractivity contribution in [3.05, 3.63) is 52.8 Å². The summed E-state index contributed by atoms with van der Waals surface area (Å²) in [4.78, 5) is 9.81. The fourth-order valence-electron chi connectivity index (χ4n) is 3.40. The third-order valence-corrected chi connectivity index (χ3v) is 4.84. The van der Waals surface area contributed by atoms with Crippen LogP contribution in [0.1, 0.15) is 37.7 Å². The Bertz CT molecular complexity index is 810. The molecule has 1 spiro atoms. The van der Waals surface area contributed by atoms with Gasteiger partial charge >= 0.3 is 0 Å². The van der Waals surface area contributed by atoms with Gasteiger partial charge in [0, 0.05) is 22.4 Å². The molecule has 0 unspecified atom stereocenters. The molecule has 0 bridgehead atoms. The fourth-order valence-corrected chi connectivity index (χ4v) is 3.56. The molecule has 1 saturated carbocycles. The van der Waals surface area contributed by atoms with Crippen molar-refractivity contribution < 1.29 is 9.23 Å². The minimum atomic E-state index is -0.508. The maximum atomic E-state index is 14.4. The van der Waals surface area contributed by atoms with Crippen molar-refractivity contribution in [2.24, 2.45) is 5.16 Å². The highest BCUT2D eigenvalue weighted by atomic mass is 35.5. The van der Waals surface area contributed by atoms with Gasteiger partial charge in [0.2, 0.25) is 0 Å². The maximum Gasteiger partial charge on any atom is 0.166 e. The van der Waals surface area contributed by atoms with E-state index in [0.717, 1.165) is 31.3 Å². The first kappa shape index (κ1) is 15.3. The van der Waals surface area contributed by atoms with Gasteiger partial charge in [-0.1, -0.05) is 23.2 Å². The van der Waals surface area contributed by atoms with Crippen LogP contribution in [0.3, 0.4) is 0 Å². The van der Waals surface area contributed by atoms with Gasteiger partial charge in [0.15, 0.2) is 5.60 Å². The summed E-state index contributed by atoms with van der Waals surface area (Å²) < 4.78 is 16.0. The molecule has 124 valence electrons. The standard InChI is InChI=1S/C17H16ClFN4O/c18-12-4-5-13(15(19)8-12)16-14(9-23-11-20-10-21-23)17(24-22-16)6-2-1-3-7-17/h4-5,8-11H,1-3,6-7H2. The molecule has 1 aromatic carbocycles. The summed E-state index contributed by atoms with van der Waals surface area (Å²) in [7, 11) is 0. The highest BCUT2D eigenvalue weighted by Gasteiger charge is 2.46. The molecule has 1 aromatic heterocycles. The van der Waals surface area contributed by atoms with Crippen molar-refractivity contribution in [3.8, 4) is 0 Å². The van der Waals surface area contributed by atoms with E-state index in [1.807, 2.05) is 6.20 Å². The van der Waals surface area contributed by atoms with E-state index in [1.54, 1.807) is 23.1 Å². The predicted octanol–water partition coefficient (Wildman–Crippen LogP) is 4.05. The number of hydrogen-bond donors (Lipinski definition) is 0. The second kappa shape index (κ2) is 6.02. The SMILES string of the molecule is Fc1cc(Cl)ccc1C1=NOC2(CCCCC2)C1=Cn1cncn1. The first-order valence-corrected chi connectivity index (χ1v) is 8.34. The lowest BCUT2D eigenvalue weighted by molar-refractivity contribution is -0.0215. The second-order valence-corrected chi connectivity index (χ2v) is 6.57. The van der Waals surface area contributed by atoms with Crippen LogP contribution in [-0.4, -0.2) is 26.1 Å². The molecule has 1 fully saturated rings. The van der Waals surface area contributed by atoms with Crippen molar-refractivity contribution in [1.82, 2.24) is 14.8 Å². The van der Waals surface area contributed by atoms with Gasteiger partial charge in [-0.2, -0.15) is 5.10 Å². The molecule has 1 aliphatic carbocycles. The van der Waals surface area contributed by atoms with Gasteiger partial charge in [0.25, 0.3) is 0 Å². The average Bonchev–Trinajstić information content (AvgIpc) is 3.19. The van der Waals surface area contributed by atoms with Crippen molar-refractivity contribution in [2.75, 3.05) is 0 Å². The molecule has 0 atom stereocenters. The second-order valence-electron chi connectivity index (χ2n) is 6.13. The molecule has 4 rings (SSSR count). The minimum Gasteiger partial charge on any atom is -0.384 e. The van der Waals surface area contributed by atoms with E-state index in [0.29, 0.717) is 16.3 Å². The molecule has 0 saturated heterocycles. The zero-order chi connectivity index (χ0) is 16.6. The molecule has 7 heteroatoms. The third kappa shape index (κ3) is 2.60. The Kier molecular flexibility index (Phi) is 3.84. The van der Waals surface area contributed by atoms with Gasteiger partial charge < -0.3 is 4.84 Å². The first-order chi connectivity index (χ1) is 11.7. The van der Waals surface area contributed by atoms with Crippen LogP contribution >= 0.6 is 11.6 Å². The Morgan fingerprint density at radius 1 is 1.25 bits per heavy atom. The summed E-state index contributed by atoms with van der Waals surface area (Å²) in [6, 6.07) is 4.58. The number of oxime groups is 1. The lowest BCUT2D eigenvalue weighted by Gasteiger charge is -2.32. The summed E-state index contributed by atoms with van der Waals surface area (Å²) in [5.41, 5.74) is 1.22. The molecular weight excluding hydrogens is 331 g/mol. The number of halogens is 2. The topological polar surface area (TPSA) is 52.3 Å². The molecule has 2 heterocycles. The predicted molar refractivity (Wildman–Crippen MR) is 89.1 cm³/mol. The van der Waals surface area contributed by atoms with Crippen LogP contribution in [-0.2, 0) is 4.84 Å². The van der Waals surface area contributed by atoms with E-state index < -0.39 is 11.4 Å². The minimum absolute atomic E-state index is 0.352. The molecule has 0 radical (unpaired) electrons. The first-order valence-electron chi connectivity index (χ1n) is 7.96. The van der Waals surface area contributed by atoms with E-state index in [4.69, 9.17) is 16.4 Å². The largest absolute Gasteiger partial charge is 0.384 e. The summed E-state index contributed by atoms with van der Waals surface area (Å²) in [6.45, 7) is 0. The zero-order valence-corrected chi connectivity index (χ0v) is 13.7. The lowest BCUT2D eigenvalue weighted by atomic mass is 9.77. The Labute approximate surface area is 143 Å². The monoisotopic (exact) mass is 346 g/mol. The van der Waals surface area contributed by atoms with E-state index in [2.05, 4.69) is 15.2 Å². The van der Waals surface area contributed by atoms with Crippen LogP contribution in [0, 0.1) is 5.82 Å². The summed E-state index contributed by atoms with van der Waals surface area (Å²) >= 11 is 5.87. The molecule has 2 aliphatic rings. The van der Waals surface area contributed by atoms with Crippen molar-refractivity contribution in [3.63, 3.8) is 0 Å². The van der Waals surface area contributed by atoms with E-state index in [1.165, 1.54) is 18.8 Å². The van der Waals surface area contributed by atoms with Crippen LogP contribution in [0.25, 0.3) is 6.20 Å². The Hall–Kier alpha value is -2.21. The van der Waals surface area contributed by atoms with Crippen LogP contribution in [0.2, 0.25) is 5.02 Å². The fraction of sp³-hybridized carbons (Fsp3) is 0.353. The van der Waals surface area contributed by atoms with E-state index in [9.17, 15) is 4.39 Å². The lowest BCUT2D eigenvalue weighted by Crippen LogP contribution is -2.35. The number of hydrogen-bond acceptors (Lipinski definition) is 4. The van der Waals surface area contributed by atoms with Gasteiger partial charge in [0.1, 0.15) is 24.2 Å².